The molecule has 36 heavy (non-hydrogen) atoms. The van der Waals surface area contributed by atoms with E-state index in [1.807, 2.05) is 0 Å². The Labute approximate surface area is 203 Å². The molecule has 12 heteroatoms. The number of carbonyl (C=O) groups is 2. The molecule has 0 aliphatic carbocycles. The Hall–Kier alpha value is -3.83. The average Bonchev–Trinajstić information content (AvgIpc) is 3.16. The van der Waals surface area contributed by atoms with Crippen LogP contribution in [0.25, 0.3) is 0 Å². The van der Waals surface area contributed by atoms with E-state index in [4.69, 9.17) is 4.84 Å². The van der Waals surface area contributed by atoms with E-state index in [1.54, 1.807) is 6.92 Å². The maximum Gasteiger partial charge on any atom is 0.274 e. The zero-order valence-corrected chi connectivity index (χ0v) is 19.3. The molecular weight excluding hydrogens is 481 g/mol. The SMILES string of the molecule is CC1=NO[C@@]2(CC[C@H](CF)N3C[C@H]2n2cc(C(=O)NCc4ccc(F)cc4F)c(=O)c(O)c2C3=O)C1. The third-order valence-electron chi connectivity index (χ3n) is 7.14. The number of nitrogens with one attached hydrogen (secondary N) is 1. The molecule has 3 aliphatic rings. The molecule has 1 saturated heterocycles. The van der Waals surface area contributed by atoms with Crippen molar-refractivity contribution in [1.29, 1.82) is 0 Å². The summed E-state index contributed by atoms with van der Waals surface area (Å²) in [6.07, 6.45) is 2.20. The highest BCUT2D eigenvalue weighted by atomic mass is 19.1. The number of alkyl halides is 1. The number of amides is 2. The second-order valence-electron chi connectivity index (χ2n) is 9.37. The van der Waals surface area contributed by atoms with Gasteiger partial charge in [0, 0.05) is 37.3 Å². The van der Waals surface area contributed by atoms with E-state index < -0.39 is 64.5 Å². The van der Waals surface area contributed by atoms with Gasteiger partial charge in [-0.15, -0.1) is 0 Å². The van der Waals surface area contributed by atoms with Crippen LogP contribution in [-0.4, -0.2) is 57.0 Å². The van der Waals surface area contributed by atoms with Gasteiger partial charge in [-0.1, -0.05) is 11.2 Å². The Balaban J connectivity index is 1.55. The van der Waals surface area contributed by atoms with Crippen LogP contribution >= 0.6 is 0 Å². The van der Waals surface area contributed by atoms with Crippen molar-refractivity contribution in [3.05, 3.63) is 63.1 Å². The van der Waals surface area contributed by atoms with Crippen molar-refractivity contribution in [2.24, 2.45) is 5.16 Å². The summed E-state index contributed by atoms with van der Waals surface area (Å²) >= 11 is 0. The number of benzene rings is 1. The number of pyridine rings is 1. The van der Waals surface area contributed by atoms with Gasteiger partial charge in [0.05, 0.1) is 17.8 Å². The molecule has 0 radical (unpaired) electrons. The minimum Gasteiger partial charge on any atom is -0.503 e. The highest BCUT2D eigenvalue weighted by Crippen LogP contribution is 2.46. The minimum absolute atomic E-state index is 0.00943. The van der Waals surface area contributed by atoms with Gasteiger partial charge in [0.25, 0.3) is 11.8 Å². The quantitative estimate of drug-likeness (QED) is 0.664. The summed E-state index contributed by atoms with van der Waals surface area (Å²) in [5, 5.41) is 17.2. The van der Waals surface area contributed by atoms with Gasteiger partial charge in [0.2, 0.25) is 5.43 Å². The summed E-state index contributed by atoms with van der Waals surface area (Å²) in [7, 11) is 0. The van der Waals surface area contributed by atoms with E-state index in [0.717, 1.165) is 12.1 Å². The maximum absolute atomic E-state index is 14.0. The largest absolute Gasteiger partial charge is 0.503 e. The number of aromatic nitrogens is 1. The van der Waals surface area contributed by atoms with Gasteiger partial charge in [0.1, 0.15) is 23.9 Å². The first-order valence-corrected chi connectivity index (χ1v) is 11.4. The van der Waals surface area contributed by atoms with Crippen LogP contribution in [0.5, 0.6) is 5.75 Å². The van der Waals surface area contributed by atoms with E-state index in [9.17, 15) is 32.7 Å². The lowest BCUT2D eigenvalue weighted by molar-refractivity contribution is -0.0655. The predicted molar refractivity (Wildman–Crippen MR) is 121 cm³/mol. The minimum atomic E-state index is -1.10. The van der Waals surface area contributed by atoms with Crippen molar-refractivity contribution in [1.82, 2.24) is 14.8 Å². The lowest BCUT2D eigenvalue weighted by Crippen LogP contribution is -2.53. The summed E-state index contributed by atoms with van der Waals surface area (Å²) in [6.45, 7) is 0.657. The number of hydrogen-bond acceptors (Lipinski definition) is 6. The van der Waals surface area contributed by atoms with Crippen LogP contribution in [0.4, 0.5) is 13.2 Å². The zero-order chi connectivity index (χ0) is 25.8. The number of hydrogen-bond donors (Lipinski definition) is 2. The Morgan fingerprint density at radius 2 is 2.11 bits per heavy atom. The number of oxime groups is 1. The lowest BCUT2D eigenvalue weighted by atomic mass is 9.84. The van der Waals surface area contributed by atoms with E-state index >= 15 is 0 Å². The van der Waals surface area contributed by atoms with E-state index in [1.165, 1.54) is 15.7 Å². The molecule has 0 unspecified atom stereocenters. The summed E-state index contributed by atoms with van der Waals surface area (Å²) in [6, 6.07) is 1.42. The second-order valence-corrected chi connectivity index (χ2v) is 9.37. The molecule has 5 rings (SSSR count). The Morgan fingerprint density at radius 3 is 2.78 bits per heavy atom. The van der Waals surface area contributed by atoms with Gasteiger partial charge in [-0.25, -0.2) is 13.2 Å². The number of carbonyl (C=O) groups excluding carboxylic acids is 2. The molecule has 1 aromatic carbocycles. The number of fused-ring (bicyclic) bond motifs is 5. The summed E-state index contributed by atoms with van der Waals surface area (Å²) < 4.78 is 42.3. The molecule has 1 spiro atoms. The fourth-order valence-corrected chi connectivity index (χ4v) is 5.28. The van der Waals surface area contributed by atoms with Crippen LogP contribution in [0.2, 0.25) is 0 Å². The van der Waals surface area contributed by atoms with Crippen LogP contribution in [0.15, 0.2) is 34.3 Å². The van der Waals surface area contributed by atoms with Crippen molar-refractivity contribution in [3.63, 3.8) is 0 Å². The monoisotopic (exact) mass is 504 g/mol. The Morgan fingerprint density at radius 1 is 1.33 bits per heavy atom. The predicted octanol–water partition coefficient (Wildman–Crippen LogP) is 2.43. The van der Waals surface area contributed by atoms with Gasteiger partial charge in [-0.2, -0.15) is 0 Å². The number of halogens is 3. The first-order valence-electron chi connectivity index (χ1n) is 11.4. The van der Waals surface area contributed by atoms with Crippen LogP contribution in [-0.2, 0) is 11.4 Å². The van der Waals surface area contributed by atoms with Gasteiger partial charge >= 0.3 is 0 Å². The molecule has 3 aliphatic heterocycles. The van der Waals surface area contributed by atoms with Gasteiger partial charge in [-0.05, 0) is 25.8 Å². The summed E-state index contributed by atoms with van der Waals surface area (Å²) in [5.74, 6) is -4.24. The number of nitrogens with zero attached hydrogens (tertiary/aromatic N) is 3. The third-order valence-corrected chi connectivity index (χ3v) is 7.14. The molecular formula is C24H23F3N4O5. The maximum atomic E-state index is 14.0. The highest BCUT2D eigenvalue weighted by Gasteiger charge is 2.54. The van der Waals surface area contributed by atoms with Gasteiger partial charge in [-0.3, -0.25) is 14.4 Å². The first kappa shape index (κ1) is 23.9. The molecule has 3 atom stereocenters. The van der Waals surface area contributed by atoms with Crippen LogP contribution in [0.1, 0.15) is 58.6 Å². The third kappa shape index (κ3) is 3.71. The Kier molecular flexibility index (Phi) is 5.76. The first-order chi connectivity index (χ1) is 17.1. The Bertz CT molecular complexity index is 1360. The van der Waals surface area contributed by atoms with Crippen molar-refractivity contribution in [3.8, 4) is 5.75 Å². The van der Waals surface area contributed by atoms with Crippen LogP contribution in [0.3, 0.4) is 0 Å². The number of aromatic hydroxyl groups is 1. The molecule has 9 nitrogen and oxygen atoms in total. The molecule has 2 N–H and O–H groups in total. The van der Waals surface area contributed by atoms with Crippen molar-refractivity contribution >= 4 is 17.5 Å². The normalized spacial score (nSPS) is 24.7. The summed E-state index contributed by atoms with van der Waals surface area (Å²) in [4.78, 5) is 46.2. The van der Waals surface area contributed by atoms with E-state index in [0.29, 0.717) is 24.6 Å². The average molecular weight is 504 g/mol. The molecule has 2 amide bonds. The standard InChI is InChI=1S/C24H23F3N4O5/c1-12-7-24(36-29-12)5-4-15(8-25)30-11-18(24)31-10-16(20(32)21(33)19(31)23(30)35)22(34)28-9-13-2-3-14(26)6-17(13)27/h2-3,6,10,15,18,33H,4-5,7-9,11H2,1H3,(H,28,34)/t15-,18-,24+/m1/s1. The van der Waals surface area contributed by atoms with Crippen molar-refractivity contribution < 1.29 is 32.7 Å². The molecule has 190 valence electrons. The molecule has 1 fully saturated rings. The molecule has 0 saturated carbocycles. The van der Waals surface area contributed by atoms with Gasteiger partial charge in [0.15, 0.2) is 17.0 Å². The fourth-order valence-electron chi connectivity index (χ4n) is 5.28. The summed E-state index contributed by atoms with van der Waals surface area (Å²) in [5.41, 5.74) is -2.21. The highest BCUT2D eigenvalue weighted by molar-refractivity contribution is 5.99. The van der Waals surface area contributed by atoms with Crippen molar-refractivity contribution in [2.75, 3.05) is 13.2 Å². The lowest BCUT2D eigenvalue weighted by Gasteiger charge is -2.42. The van der Waals surface area contributed by atoms with E-state index in [2.05, 4.69) is 10.5 Å². The van der Waals surface area contributed by atoms with E-state index in [-0.39, 0.29) is 30.8 Å². The molecule has 4 heterocycles. The molecule has 2 aromatic rings. The number of rotatable bonds is 4. The second kappa shape index (κ2) is 8.68. The zero-order valence-electron chi connectivity index (χ0n) is 19.3. The van der Waals surface area contributed by atoms with Crippen LogP contribution in [0, 0.1) is 11.6 Å². The van der Waals surface area contributed by atoms with Gasteiger partial charge < -0.3 is 24.7 Å². The van der Waals surface area contributed by atoms with Crippen molar-refractivity contribution in [2.45, 2.75) is 50.4 Å². The van der Waals surface area contributed by atoms with Crippen LogP contribution < -0.4 is 10.7 Å². The fraction of sp³-hybridized carbons (Fsp3) is 0.417. The molecule has 2 bridgehead atoms. The smallest absolute Gasteiger partial charge is 0.274 e. The topological polar surface area (TPSA) is 113 Å². The molecule has 1 aromatic heterocycles.